The first-order valence-electron chi connectivity index (χ1n) is 5.66. The smallest absolute Gasteiger partial charge is 0.421 e. The molecule has 9 heteroatoms. The van der Waals surface area contributed by atoms with Crippen LogP contribution in [0.2, 0.25) is 0 Å². The summed E-state index contributed by atoms with van der Waals surface area (Å²) in [6, 6.07) is -0.115. The molecule has 0 aliphatic heterocycles. The molecule has 1 fully saturated rings. The fraction of sp³-hybridized carbons (Fsp3) is 0.778. The van der Waals surface area contributed by atoms with Gasteiger partial charge in [0.15, 0.2) is 0 Å². The van der Waals surface area contributed by atoms with Crippen molar-refractivity contribution in [2.75, 3.05) is 13.2 Å². The maximum atomic E-state index is 11.9. The molecule has 0 aromatic carbocycles. The van der Waals surface area contributed by atoms with E-state index in [-0.39, 0.29) is 31.4 Å². The topological polar surface area (TPSA) is 126 Å². The highest BCUT2D eigenvalue weighted by Gasteiger charge is 2.38. The number of amidine groups is 1. The quantitative estimate of drug-likeness (QED) is 0.438. The summed E-state index contributed by atoms with van der Waals surface area (Å²) in [5.74, 6) is -0.0908. The lowest BCUT2D eigenvalue weighted by Crippen LogP contribution is -2.45. The minimum absolute atomic E-state index is 0.0908. The van der Waals surface area contributed by atoms with Crippen molar-refractivity contribution in [3.8, 4) is 0 Å². The number of amides is 1. The molecule has 18 heavy (non-hydrogen) atoms. The third kappa shape index (κ3) is 4.49. The Labute approximate surface area is 106 Å². The molecular weight excluding hydrogens is 260 g/mol. The van der Waals surface area contributed by atoms with E-state index in [0.29, 0.717) is 0 Å². The number of carbonyl (C=O) groups is 1. The molecule has 1 aliphatic carbocycles. The second kappa shape index (κ2) is 6.01. The molecule has 104 valence electrons. The van der Waals surface area contributed by atoms with Gasteiger partial charge in [0, 0.05) is 19.0 Å². The third-order valence-corrected chi connectivity index (χ3v) is 3.87. The van der Waals surface area contributed by atoms with Crippen molar-refractivity contribution in [3.63, 3.8) is 0 Å². The standard InChI is InChI=1S/C9H18N4O4S/c1-2-17-9(14)12-18(15,16)13(7-3-4-7)6-5-8(10)11/h7H,2-6H2,1H3,(H3,10,11)(H,12,14). The molecule has 0 saturated heterocycles. The van der Waals surface area contributed by atoms with Crippen molar-refractivity contribution in [2.45, 2.75) is 32.2 Å². The molecule has 1 aliphatic rings. The van der Waals surface area contributed by atoms with Gasteiger partial charge in [0.25, 0.3) is 0 Å². The molecule has 0 bridgehead atoms. The number of hydrogen-bond donors (Lipinski definition) is 3. The van der Waals surface area contributed by atoms with E-state index >= 15 is 0 Å². The van der Waals surface area contributed by atoms with Crippen LogP contribution in [0.15, 0.2) is 0 Å². The highest BCUT2D eigenvalue weighted by molar-refractivity contribution is 7.87. The van der Waals surface area contributed by atoms with Crippen LogP contribution in [0.4, 0.5) is 4.79 Å². The second-order valence-electron chi connectivity index (χ2n) is 3.94. The number of nitrogens with zero attached hydrogens (tertiary/aromatic N) is 1. The highest BCUT2D eigenvalue weighted by Crippen LogP contribution is 2.28. The first kappa shape index (κ1) is 14.7. The first-order valence-corrected chi connectivity index (χ1v) is 7.10. The first-order chi connectivity index (χ1) is 8.36. The van der Waals surface area contributed by atoms with Gasteiger partial charge >= 0.3 is 16.3 Å². The molecule has 1 amide bonds. The Hall–Kier alpha value is -1.35. The van der Waals surface area contributed by atoms with Gasteiger partial charge in [-0.1, -0.05) is 0 Å². The van der Waals surface area contributed by atoms with Crippen LogP contribution in [0.5, 0.6) is 0 Å². The number of hydrogen-bond acceptors (Lipinski definition) is 5. The molecule has 0 radical (unpaired) electrons. The number of nitrogens with two attached hydrogens (primary N) is 1. The van der Waals surface area contributed by atoms with E-state index in [1.165, 1.54) is 0 Å². The third-order valence-electron chi connectivity index (χ3n) is 2.35. The predicted octanol–water partition coefficient (Wildman–Crippen LogP) is -0.232. The minimum atomic E-state index is -3.92. The maximum absolute atomic E-state index is 11.9. The molecule has 0 spiro atoms. The lowest BCUT2D eigenvalue weighted by molar-refractivity contribution is 0.158. The SMILES string of the molecule is CCOC(=O)NS(=O)(=O)N(CCC(=N)N)C1CC1. The lowest BCUT2D eigenvalue weighted by atomic mass is 10.4. The summed E-state index contributed by atoms with van der Waals surface area (Å²) in [5, 5.41) is 7.11. The van der Waals surface area contributed by atoms with Crippen molar-refractivity contribution >= 4 is 22.1 Å². The normalized spacial score (nSPS) is 15.4. The summed E-state index contributed by atoms with van der Waals surface area (Å²) in [4.78, 5) is 11.1. The van der Waals surface area contributed by atoms with E-state index in [0.717, 1.165) is 17.1 Å². The van der Waals surface area contributed by atoms with Crippen LogP contribution in [-0.2, 0) is 14.9 Å². The van der Waals surface area contributed by atoms with Crippen molar-refractivity contribution in [1.82, 2.24) is 9.03 Å². The summed E-state index contributed by atoms with van der Waals surface area (Å²) < 4.78 is 31.3. The molecule has 1 saturated carbocycles. The van der Waals surface area contributed by atoms with E-state index in [9.17, 15) is 13.2 Å². The number of rotatable bonds is 7. The van der Waals surface area contributed by atoms with E-state index in [1.807, 2.05) is 4.72 Å². The zero-order valence-electron chi connectivity index (χ0n) is 10.2. The van der Waals surface area contributed by atoms with Crippen LogP contribution >= 0.6 is 0 Å². The Kier molecular flexibility index (Phi) is 4.91. The molecule has 0 aromatic heterocycles. The minimum Gasteiger partial charge on any atom is -0.449 e. The highest BCUT2D eigenvalue weighted by atomic mass is 32.2. The largest absolute Gasteiger partial charge is 0.449 e. The van der Waals surface area contributed by atoms with Gasteiger partial charge in [-0.05, 0) is 19.8 Å². The van der Waals surface area contributed by atoms with Gasteiger partial charge in [-0.2, -0.15) is 12.7 Å². The monoisotopic (exact) mass is 278 g/mol. The number of nitrogens with one attached hydrogen (secondary N) is 2. The van der Waals surface area contributed by atoms with Gasteiger partial charge in [0.1, 0.15) is 0 Å². The molecule has 4 N–H and O–H groups in total. The number of ether oxygens (including phenoxy) is 1. The van der Waals surface area contributed by atoms with Crippen molar-refractivity contribution < 1.29 is 17.9 Å². The molecule has 0 atom stereocenters. The van der Waals surface area contributed by atoms with Crippen LogP contribution in [-0.4, -0.2) is 43.8 Å². The van der Waals surface area contributed by atoms with Crippen LogP contribution in [0, 0.1) is 5.41 Å². The average molecular weight is 278 g/mol. The zero-order chi connectivity index (χ0) is 13.8. The van der Waals surface area contributed by atoms with Crippen LogP contribution in [0.3, 0.4) is 0 Å². The van der Waals surface area contributed by atoms with Gasteiger partial charge in [-0.25, -0.2) is 9.52 Å². The van der Waals surface area contributed by atoms with E-state index < -0.39 is 16.3 Å². The van der Waals surface area contributed by atoms with Gasteiger partial charge in [-0.3, -0.25) is 5.41 Å². The summed E-state index contributed by atoms with van der Waals surface area (Å²) in [5.41, 5.74) is 5.20. The molecule has 0 heterocycles. The van der Waals surface area contributed by atoms with Gasteiger partial charge < -0.3 is 10.5 Å². The molecule has 8 nitrogen and oxygen atoms in total. The van der Waals surface area contributed by atoms with E-state index in [1.54, 1.807) is 6.92 Å². The van der Waals surface area contributed by atoms with Crippen molar-refractivity contribution in [1.29, 1.82) is 5.41 Å². The summed E-state index contributed by atoms with van der Waals surface area (Å²) in [7, 11) is -3.92. The zero-order valence-corrected chi connectivity index (χ0v) is 11.0. The van der Waals surface area contributed by atoms with Crippen LogP contribution < -0.4 is 10.5 Å². The predicted molar refractivity (Wildman–Crippen MR) is 65.3 cm³/mol. The molecule has 0 aromatic rings. The summed E-state index contributed by atoms with van der Waals surface area (Å²) in [6.07, 6.45) is 0.648. The lowest BCUT2D eigenvalue weighted by Gasteiger charge is -2.21. The molecule has 1 rings (SSSR count). The average Bonchev–Trinajstić information content (AvgIpc) is 3.00. The van der Waals surface area contributed by atoms with E-state index in [2.05, 4.69) is 4.74 Å². The van der Waals surface area contributed by atoms with Gasteiger partial charge in [0.2, 0.25) is 0 Å². The Morgan fingerprint density at radius 3 is 2.61 bits per heavy atom. The number of carbonyl (C=O) groups excluding carboxylic acids is 1. The second-order valence-corrected chi connectivity index (χ2v) is 5.57. The Balaban J connectivity index is 2.65. The fourth-order valence-electron chi connectivity index (χ4n) is 1.42. The summed E-state index contributed by atoms with van der Waals surface area (Å²) in [6.45, 7) is 1.77. The maximum Gasteiger partial charge on any atom is 0.421 e. The van der Waals surface area contributed by atoms with Gasteiger partial charge in [-0.15, -0.1) is 0 Å². The van der Waals surface area contributed by atoms with Crippen LogP contribution in [0.1, 0.15) is 26.2 Å². The van der Waals surface area contributed by atoms with Gasteiger partial charge in [0.05, 0.1) is 12.4 Å². The molecule has 0 unspecified atom stereocenters. The summed E-state index contributed by atoms with van der Waals surface area (Å²) >= 11 is 0. The Bertz CT molecular complexity index is 418. The van der Waals surface area contributed by atoms with Crippen LogP contribution in [0.25, 0.3) is 0 Å². The van der Waals surface area contributed by atoms with Crippen molar-refractivity contribution in [2.24, 2.45) is 5.73 Å². The molecular formula is C9H18N4O4S. The van der Waals surface area contributed by atoms with Crippen molar-refractivity contribution in [3.05, 3.63) is 0 Å². The fourth-order valence-corrected chi connectivity index (χ4v) is 2.74. The Morgan fingerprint density at radius 2 is 2.17 bits per heavy atom. The Morgan fingerprint density at radius 1 is 1.56 bits per heavy atom. The van der Waals surface area contributed by atoms with E-state index in [4.69, 9.17) is 11.1 Å².